The van der Waals surface area contributed by atoms with Crippen molar-refractivity contribution in [2.24, 2.45) is 11.7 Å². The highest BCUT2D eigenvalue weighted by Gasteiger charge is 2.25. The van der Waals surface area contributed by atoms with Gasteiger partial charge in [0.15, 0.2) is 0 Å². The van der Waals surface area contributed by atoms with E-state index in [0.717, 1.165) is 19.0 Å². The van der Waals surface area contributed by atoms with Crippen molar-refractivity contribution in [1.82, 2.24) is 10.2 Å². The Kier molecular flexibility index (Phi) is 8.08. The SMILES string of the molecule is CC1CCN(C(CNC(=O)CCSCC(N)=O)c2cccs2)CC1. The zero-order chi connectivity index (χ0) is 17.4. The minimum Gasteiger partial charge on any atom is -0.369 e. The third-order valence-electron chi connectivity index (χ3n) is 4.34. The van der Waals surface area contributed by atoms with Gasteiger partial charge >= 0.3 is 0 Å². The Morgan fingerprint density at radius 1 is 1.46 bits per heavy atom. The summed E-state index contributed by atoms with van der Waals surface area (Å²) in [6, 6.07) is 4.49. The molecule has 0 radical (unpaired) electrons. The van der Waals surface area contributed by atoms with Crippen molar-refractivity contribution < 1.29 is 9.59 Å². The first-order valence-electron chi connectivity index (χ1n) is 8.46. The van der Waals surface area contributed by atoms with E-state index in [9.17, 15) is 9.59 Å². The lowest BCUT2D eigenvalue weighted by Gasteiger charge is -2.36. The van der Waals surface area contributed by atoms with Crippen LogP contribution in [0.25, 0.3) is 0 Å². The van der Waals surface area contributed by atoms with Gasteiger partial charge in [-0.15, -0.1) is 11.3 Å². The van der Waals surface area contributed by atoms with E-state index in [0.29, 0.717) is 18.7 Å². The van der Waals surface area contributed by atoms with Crippen molar-refractivity contribution in [2.75, 3.05) is 31.1 Å². The summed E-state index contributed by atoms with van der Waals surface area (Å²) in [6.45, 7) is 5.14. The number of likely N-dealkylation sites (tertiary alicyclic amines) is 1. The standard InChI is InChI=1S/C17H27N3O2S2/c1-13-4-7-20(8-5-13)14(15-3-2-9-24-15)11-19-17(22)6-10-23-12-16(18)21/h2-3,9,13-14H,4-8,10-12H2,1H3,(H2,18,21)(H,19,22). The highest BCUT2D eigenvalue weighted by atomic mass is 32.2. The Morgan fingerprint density at radius 2 is 2.21 bits per heavy atom. The fraction of sp³-hybridized carbons (Fsp3) is 0.647. The molecule has 2 amide bonds. The summed E-state index contributed by atoms with van der Waals surface area (Å²) in [5.74, 6) is 1.40. The number of amides is 2. The summed E-state index contributed by atoms with van der Waals surface area (Å²) < 4.78 is 0. The van der Waals surface area contributed by atoms with Crippen molar-refractivity contribution in [3.63, 3.8) is 0 Å². The molecule has 24 heavy (non-hydrogen) atoms. The molecule has 1 aliphatic heterocycles. The van der Waals surface area contributed by atoms with Crippen LogP contribution in [0, 0.1) is 5.92 Å². The van der Waals surface area contributed by atoms with Gasteiger partial charge < -0.3 is 11.1 Å². The molecule has 1 fully saturated rings. The second-order valence-electron chi connectivity index (χ2n) is 6.32. The summed E-state index contributed by atoms with van der Waals surface area (Å²) in [4.78, 5) is 26.5. The molecule has 1 aromatic heterocycles. The predicted octanol–water partition coefficient (Wildman–Crippen LogP) is 2.25. The van der Waals surface area contributed by atoms with Gasteiger partial charge in [-0.2, -0.15) is 11.8 Å². The van der Waals surface area contributed by atoms with E-state index in [1.54, 1.807) is 11.3 Å². The molecule has 1 aromatic rings. The molecule has 134 valence electrons. The fourth-order valence-corrected chi connectivity index (χ4v) is 4.40. The van der Waals surface area contributed by atoms with Crippen molar-refractivity contribution in [3.8, 4) is 0 Å². The highest BCUT2D eigenvalue weighted by molar-refractivity contribution is 7.99. The van der Waals surface area contributed by atoms with E-state index in [4.69, 9.17) is 5.73 Å². The Hall–Kier alpha value is -1.05. The predicted molar refractivity (Wildman–Crippen MR) is 101 cm³/mol. The van der Waals surface area contributed by atoms with Gasteiger partial charge in [0.25, 0.3) is 0 Å². The number of nitrogens with zero attached hydrogens (tertiary/aromatic N) is 1. The van der Waals surface area contributed by atoms with Crippen LogP contribution >= 0.6 is 23.1 Å². The van der Waals surface area contributed by atoms with Crippen molar-refractivity contribution >= 4 is 34.9 Å². The molecule has 2 heterocycles. The summed E-state index contributed by atoms with van der Waals surface area (Å²) in [6.07, 6.45) is 2.87. The maximum Gasteiger partial charge on any atom is 0.227 e. The number of nitrogens with one attached hydrogen (secondary N) is 1. The van der Waals surface area contributed by atoms with Crippen LogP contribution in [-0.2, 0) is 9.59 Å². The van der Waals surface area contributed by atoms with Crippen molar-refractivity contribution in [2.45, 2.75) is 32.2 Å². The number of carbonyl (C=O) groups is 2. The zero-order valence-corrected chi connectivity index (χ0v) is 15.8. The Bertz CT molecular complexity index is 514. The second kappa shape index (κ2) is 10.1. The first kappa shape index (κ1) is 19.3. The average Bonchev–Trinajstić information content (AvgIpc) is 3.07. The topological polar surface area (TPSA) is 75.4 Å². The number of thiophene rings is 1. The van der Waals surface area contributed by atoms with Crippen LogP contribution < -0.4 is 11.1 Å². The van der Waals surface area contributed by atoms with E-state index in [-0.39, 0.29) is 23.6 Å². The van der Waals surface area contributed by atoms with Crippen LogP contribution in [0.3, 0.4) is 0 Å². The molecule has 0 spiro atoms. The van der Waals surface area contributed by atoms with Crippen LogP contribution in [0.4, 0.5) is 0 Å². The fourth-order valence-electron chi connectivity index (χ4n) is 2.87. The van der Waals surface area contributed by atoms with Crippen LogP contribution in [0.1, 0.15) is 37.1 Å². The molecule has 2 rings (SSSR count). The monoisotopic (exact) mass is 369 g/mol. The van der Waals surface area contributed by atoms with Gasteiger partial charge in [-0.25, -0.2) is 0 Å². The van der Waals surface area contributed by atoms with Gasteiger partial charge in [0.2, 0.25) is 11.8 Å². The molecule has 0 bridgehead atoms. The van der Waals surface area contributed by atoms with Gasteiger partial charge in [0.1, 0.15) is 0 Å². The number of piperidine rings is 1. The summed E-state index contributed by atoms with van der Waals surface area (Å²) >= 11 is 3.16. The Morgan fingerprint density at radius 3 is 2.83 bits per heavy atom. The Labute approximate surface area is 152 Å². The van der Waals surface area contributed by atoms with Gasteiger partial charge in [-0.1, -0.05) is 13.0 Å². The Balaban J connectivity index is 1.80. The number of primary amides is 1. The number of nitrogens with two attached hydrogens (primary N) is 1. The lowest BCUT2D eigenvalue weighted by Crippen LogP contribution is -2.41. The molecule has 0 aliphatic carbocycles. The van der Waals surface area contributed by atoms with Gasteiger partial charge in [0.05, 0.1) is 11.8 Å². The molecule has 1 atom stereocenters. The molecule has 3 N–H and O–H groups in total. The lowest BCUT2D eigenvalue weighted by molar-refractivity contribution is -0.121. The largest absolute Gasteiger partial charge is 0.369 e. The van der Waals surface area contributed by atoms with E-state index in [1.807, 2.05) is 0 Å². The zero-order valence-electron chi connectivity index (χ0n) is 14.2. The lowest BCUT2D eigenvalue weighted by atomic mass is 9.97. The number of thioether (sulfide) groups is 1. The quantitative estimate of drug-likeness (QED) is 0.655. The number of rotatable bonds is 9. The van der Waals surface area contributed by atoms with Crippen LogP contribution in [0.15, 0.2) is 17.5 Å². The molecular formula is C17H27N3O2S2. The normalized spacial score (nSPS) is 17.5. The van der Waals surface area contributed by atoms with E-state index in [1.165, 1.54) is 29.5 Å². The van der Waals surface area contributed by atoms with E-state index >= 15 is 0 Å². The highest BCUT2D eigenvalue weighted by Crippen LogP contribution is 2.29. The second-order valence-corrected chi connectivity index (χ2v) is 8.41. The van der Waals surface area contributed by atoms with Crippen molar-refractivity contribution in [1.29, 1.82) is 0 Å². The molecule has 0 saturated carbocycles. The molecule has 7 heteroatoms. The summed E-state index contributed by atoms with van der Waals surface area (Å²) in [5, 5.41) is 5.16. The van der Waals surface area contributed by atoms with Gasteiger partial charge in [-0.05, 0) is 43.3 Å². The molecule has 0 aromatic carbocycles. The first-order valence-corrected chi connectivity index (χ1v) is 10.5. The van der Waals surface area contributed by atoms with E-state index in [2.05, 4.69) is 34.7 Å². The molecule has 1 saturated heterocycles. The average molecular weight is 370 g/mol. The maximum atomic E-state index is 12.0. The maximum absolute atomic E-state index is 12.0. The summed E-state index contributed by atoms with van der Waals surface area (Å²) in [7, 11) is 0. The molecule has 1 aliphatic rings. The van der Waals surface area contributed by atoms with Gasteiger partial charge in [-0.3, -0.25) is 14.5 Å². The minimum absolute atomic E-state index is 0.0407. The van der Waals surface area contributed by atoms with Crippen LogP contribution in [0.5, 0.6) is 0 Å². The third-order valence-corrected chi connectivity index (χ3v) is 6.30. The van der Waals surface area contributed by atoms with Crippen LogP contribution in [-0.4, -0.2) is 47.9 Å². The smallest absolute Gasteiger partial charge is 0.227 e. The number of hydrogen-bond acceptors (Lipinski definition) is 5. The number of hydrogen-bond donors (Lipinski definition) is 2. The number of carbonyl (C=O) groups excluding carboxylic acids is 2. The van der Waals surface area contributed by atoms with Crippen molar-refractivity contribution in [3.05, 3.63) is 22.4 Å². The molecule has 5 nitrogen and oxygen atoms in total. The first-order chi connectivity index (χ1) is 11.6. The molecule has 1 unspecified atom stereocenters. The summed E-state index contributed by atoms with van der Waals surface area (Å²) in [5.41, 5.74) is 5.09. The third kappa shape index (κ3) is 6.45. The van der Waals surface area contributed by atoms with Crippen LogP contribution in [0.2, 0.25) is 0 Å². The van der Waals surface area contributed by atoms with E-state index < -0.39 is 0 Å². The molecular weight excluding hydrogens is 342 g/mol. The minimum atomic E-state index is -0.336. The van der Waals surface area contributed by atoms with Gasteiger partial charge in [0, 0.05) is 23.6 Å².